The fraction of sp³-hybridized carbons (Fsp3) is 0.600. The molecular weight excluding hydrogens is 316 g/mol. The van der Waals surface area contributed by atoms with Crippen LogP contribution in [-0.2, 0) is 20.7 Å². The van der Waals surface area contributed by atoms with Gasteiger partial charge in [0.05, 0.1) is 25.0 Å². The summed E-state index contributed by atoms with van der Waals surface area (Å²) in [6.45, 7) is 6.63. The molecule has 1 aromatic carbocycles. The predicted molar refractivity (Wildman–Crippen MR) is 96.4 cm³/mol. The summed E-state index contributed by atoms with van der Waals surface area (Å²) in [6.07, 6.45) is 2.50. The predicted octanol–water partition coefficient (Wildman–Crippen LogP) is 2.09. The number of amides is 2. The smallest absolute Gasteiger partial charge is 0.227 e. The lowest BCUT2D eigenvalue weighted by molar-refractivity contribution is -0.138. The maximum atomic E-state index is 12.7. The molecule has 0 saturated carbocycles. The number of rotatable bonds is 2. The van der Waals surface area contributed by atoms with E-state index in [2.05, 4.69) is 32.0 Å². The van der Waals surface area contributed by atoms with E-state index in [-0.39, 0.29) is 17.4 Å². The molecule has 1 spiro atoms. The highest BCUT2D eigenvalue weighted by Crippen LogP contribution is 2.30. The van der Waals surface area contributed by atoms with Crippen molar-refractivity contribution in [3.63, 3.8) is 0 Å². The topological polar surface area (TPSA) is 49.9 Å². The van der Waals surface area contributed by atoms with Crippen LogP contribution in [0.15, 0.2) is 18.2 Å². The van der Waals surface area contributed by atoms with Gasteiger partial charge in [-0.05, 0) is 37.8 Å². The van der Waals surface area contributed by atoms with Crippen LogP contribution in [0.25, 0.3) is 0 Å². The van der Waals surface area contributed by atoms with E-state index in [0.29, 0.717) is 39.1 Å². The van der Waals surface area contributed by atoms with E-state index in [1.807, 2.05) is 11.9 Å². The third-order valence-corrected chi connectivity index (χ3v) is 5.55. The summed E-state index contributed by atoms with van der Waals surface area (Å²) < 4.78 is 6.05. The lowest BCUT2D eigenvalue weighted by atomic mass is 9.90. The van der Waals surface area contributed by atoms with Gasteiger partial charge in [-0.25, -0.2) is 0 Å². The number of benzene rings is 1. The van der Waals surface area contributed by atoms with E-state index in [1.165, 1.54) is 11.1 Å². The number of likely N-dealkylation sites (tertiary alicyclic amines) is 1. The van der Waals surface area contributed by atoms with E-state index < -0.39 is 0 Å². The Labute approximate surface area is 149 Å². The summed E-state index contributed by atoms with van der Waals surface area (Å²) in [5.74, 6) is 0.326. The van der Waals surface area contributed by atoms with Crippen LogP contribution in [0.2, 0.25) is 0 Å². The minimum absolute atomic E-state index is 0.144. The van der Waals surface area contributed by atoms with Crippen LogP contribution in [-0.4, -0.2) is 60.5 Å². The molecule has 2 aliphatic rings. The van der Waals surface area contributed by atoms with Gasteiger partial charge in [0.25, 0.3) is 0 Å². The van der Waals surface area contributed by atoms with Gasteiger partial charge in [0.1, 0.15) is 0 Å². The maximum absolute atomic E-state index is 12.7. The summed E-state index contributed by atoms with van der Waals surface area (Å²) in [4.78, 5) is 28.3. The number of carbonyl (C=O) groups excluding carboxylic acids is 2. The van der Waals surface area contributed by atoms with Gasteiger partial charge in [0.2, 0.25) is 11.8 Å². The van der Waals surface area contributed by atoms with Crippen LogP contribution >= 0.6 is 0 Å². The molecule has 2 aliphatic heterocycles. The van der Waals surface area contributed by atoms with E-state index in [4.69, 9.17) is 4.74 Å². The number of nitrogens with zero attached hydrogens (tertiary/aromatic N) is 2. The summed E-state index contributed by atoms with van der Waals surface area (Å²) in [7, 11) is 1.84. The van der Waals surface area contributed by atoms with Crippen molar-refractivity contribution in [3.05, 3.63) is 34.9 Å². The maximum Gasteiger partial charge on any atom is 0.227 e. The number of hydrogen-bond acceptors (Lipinski definition) is 3. The van der Waals surface area contributed by atoms with E-state index >= 15 is 0 Å². The van der Waals surface area contributed by atoms with Crippen LogP contribution in [0.1, 0.15) is 36.0 Å². The average molecular weight is 344 g/mol. The molecule has 1 aromatic rings. The lowest BCUT2D eigenvalue weighted by Gasteiger charge is -2.42. The SMILES string of the molecule is Cc1ccc(C)c(CC(=O)N2CCC3(CC2)CN(C)C(=O)CCO3)c1. The Morgan fingerprint density at radius 3 is 2.68 bits per heavy atom. The zero-order chi connectivity index (χ0) is 18.0. The molecule has 0 atom stereocenters. The van der Waals surface area contributed by atoms with Crippen molar-refractivity contribution in [2.75, 3.05) is 33.3 Å². The highest BCUT2D eigenvalue weighted by Gasteiger charge is 2.40. The van der Waals surface area contributed by atoms with Gasteiger partial charge in [-0.3, -0.25) is 9.59 Å². The number of carbonyl (C=O) groups is 2. The highest BCUT2D eigenvalue weighted by molar-refractivity contribution is 5.79. The molecule has 25 heavy (non-hydrogen) atoms. The Morgan fingerprint density at radius 1 is 1.24 bits per heavy atom. The molecule has 0 aromatic heterocycles. The van der Waals surface area contributed by atoms with Crippen LogP contribution in [0.5, 0.6) is 0 Å². The van der Waals surface area contributed by atoms with Gasteiger partial charge in [-0.1, -0.05) is 23.8 Å². The molecule has 0 N–H and O–H groups in total. The molecule has 136 valence electrons. The van der Waals surface area contributed by atoms with Gasteiger partial charge in [-0.15, -0.1) is 0 Å². The Hall–Kier alpha value is -1.88. The lowest BCUT2D eigenvalue weighted by Crippen LogP contribution is -2.52. The van der Waals surface area contributed by atoms with Crippen molar-refractivity contribution < 1.29 is 14.3 Å². The fourth-order valence-electron chi connectivity index (χ4n) is 3.84. The Balaban J connectivity index is 1.61. The Kier molecular flexibility index (Phi) is 5.13. The summed E-state index contributed by atoms with van der Waals surface area (Å²) in [6, 6.07) is 6.26. The molecule has 2 saturated heterocycles. The molecule has 2 amide bonds. The minimum Gasteiger partial charge on any atom is -0.372 e. The second-order valence-electron chi connectivity index (χ2n) is 7.52. The standard InChI is InChI=1S/C20H28N2O3/c1-15-4-5-16(2)17(12-15)13-19(24)22-9-7-20(8-10-22)14-21(3)18(23)6-11-25-20/h4-5,12H,6-11,13-14H2,1-3H3. The molecule has 0 bridgehead atoms. The van der Waals surface area contributed by atoms with E-state index in [0.717, 1.165) is 18.4 Å². The normalized spacial score (nSPS) is 20.7. The van der Waals surface area contributed by atoms with Gasteiger partial charge >= 0.3 is 0 Å². The second-order valence-corrected chi connectivity index (χ2v) is 7.52. The van der Waals surface area contributed by atoms with Crippen molar-refractivity contribution >= 4 is 11.8 Å². The number of hydrogen-bond donors (Lipinski definition) is 0. The van der Waals surface area contributed by atoms with E-state index in [9.17, 15) is 9.59 Å². The molecule has 2 fully saturated rings. The number of ether oxygens (including phenoxy) is 1. The molecule has 5 nitrogen and oxygen atoms in total. The third-order valence-electron chi connectivity index (χ3n) is 5.55. The molecule has 2 heterocycles. The molecule has 0 unspecified atom stereocenters. The Morgan fingerprint density at radius 2 is 1.96 bits per heavy atom. The largest absolute Gasteiger partial charge is 0.372 e. The number of likely N-dealkylation sites (N-methyl/N-ethyl adjacent to an activating group) is 1. The van der Waals surface area contributed by atoms with Crippen LogP contribution in [0.3, 0.4) is 0 Å². The molecule has 5 heteroatoms. The molecule has 3 rings (SSSR count). The quantitative estimate of drug-likeness (QED) is 0.825. The first kappa shape index (κ1) is 17.9. The molecule has 0 radical (unpaired) electrons. The molecular formula is C20H28N2O3. The van der Waals surface area contributed by atoms with E-state index in [1.54, 1.807) is 4.90 Å². The van der Waals surface area contributed by atoms with Crippen molar-refractivity contribution in [2.24, 2.45) is 0 Å². The summed E-state index contributed by atoms with van der Waals surface area (Å²) in [5, 5.41) is 0. The van der Waals surface area contributed by atoms with Crippen molar-refractivity contribution in [1.82, 2.24) is 9.80 Å². The van der Waals surface area contributed by atoms with Crippen LogP contribution in [0.4, 0.5) is 0 Å². The second kappa shape index (κ2) is 7.16. The zero-order valence-electron chi connectivity index (χ0n) is 15.5. The van der Waals surface area contributed by atoms with Gasteiger partial charge < -0.3 is 14.5 Å². The van der Waals surface area contributed by atoms with Crippen molar-refractivity contribution in [1.29, 1.82) is 0 Å². The number of piperidine rings is 1. The first-order valence-electron chi connectivity index (χ1n) is 9.10. The number of aryl methyl sites for hydroxylation is 2. The first-order chi connectivity index (χ1) is 11.9. The zero-order valence-corrected chi connectivity index (χ0v) is 15.5. The highest BCUT2D eigenvalue weighted by atomic mass is 16.5. The van der Waals surface area contributed by atoms with Crippen molar-refractivity contribution in [3.8, 4) is 0 Å². The van der Waals surface area contributed by atoms with Crippen molar-refractivity contribution in [2.45, 2.75) is 45.1 Å². The summed E-state index contributed by atoms with van der Waals surface area (Å²) >= 11 is 0. The Bertz CT molecular complexity index is 663. The van der Waals surface area contributed by atoms with Crippen LogP contribution in [0, 0.1) is 13.8 Å². The third kappa shape index (κ3) is 4.03. The summed E-state index contributed by atoms with van der Waals surface area (Å²) in [5.41, 5.74) is 3.18. The monoisotopic (exact) mass is 344 g/mol. The van der Waals surface area contributed by atoms with Crippen LogP contribution < -0.4 is 0 Å². The molecule has 0 aliphatic carbocycles. The average Bonchev–Trinajstić information content (AvgIpc) is 2.71. The fourth-order valence-corrected chi connectivity index (χ4v) is 3.84. The van der Waals surface area contributed by atoms with Gasteiger partial charge in [-0.2, -0.15) is 0 Å². The van der Waals surface area contributed by atoms with Gasteiger partial charge in [0, 0.05) is 26.7 Å². The minimum atomic E-state index is -0.281. The van der Waals surface area contributed by atoms with Gasteiger partial charge in [0.15, 0.2) is 0 Å². The first-order valence-corrected chi connectivity index (χ1v) is 9.10.